The second kappa shape index (κ2) is 5.15. The van der Waals surface area contributed by atoms with Crippen LogP contribution in [0.2, 0.25) is 0 Å². The summed E-state index contributed by atoms with van der Waals surface area (Å²) in [5.74, 6) is 0.409. The molecule has 7 heteroatoms. The van der Waals surface area contributed by atoms with Crippen LogP contribution >= 0.6 is 0 Å². The summed E-state index contributed by atoms with van der Waals surface area (Å²) in [7, 11) is 0. The molecular formula is C10H14N6O. The largest absolute Gasteiger partial charge is 0.500 e. The van der Waals surface area contributed by atoms with Crippen molar-refractivity contribution >= 4 is 5.95 Å². The fraction of sp³-hybridized carbons (Fsp3) is 0.300. The number of nitrogens with two attached hydrogens (primary N) is 1. The van der Waals surface area contributed by atoms with Crippen molar-refractivity contribution in [1.29, 1.82) is 0 Å². The molecule has 7 nitrogen and oxygen atoms in total. The van der Waals surface area contributed by atoms with Gasteiger partial charge in [0, 0.05) is 18.3 Å². The zero-order chi connectivity index (χ0) is 12.1. The lowest BCUT2D eigenvalue weighted by Crippen LogP contribution is -2.04. The minimum atomic E-state index is 0.409. The van der Waals surface area contributed by atoms with Crippen molar-refractivity contribution in [2.75, 3.05) is 12.3 Å². The third kappa shape index (κ3) is 3.07. The van der Waals surface area contributed by atoms with E-state index in [1.165, 1.54) is 6.26 Å². The van der Waals surface area contributed by atoms with Crippen molar-refractivity contribution in [3.8, 4) is 0 Å². The number of anilines is 1. The first-order valence-electron chi connectivity index (χ1n) is 5.19. The molecule has 0 saturated heterocycles. The molecule has 0 aliphatic rings. The molecule has 90 valence electrons. The number of H-pyrrole nitrogens is 1. The molecule has 0 unspecified atom stereocenters. The number of nitrogens with one attached hydrogen (secondary N) is 1. The van der Waals surface area contributed by atoms with Gasteiger partial charge in [0.25, 0.3) is 0 Å². The van der Waals surface area contributed by atoms with Gasteiger partial charge in [-0.25, -0.2) is 9.67 Å². The van der Waals surface area contributed by atoms with Gasteiger partial charge in [0.2, 0.25) is 0 Å². The smallest absolute Gasteiger partial charge is 0.197 e. The van der Waals surface area contributed by atoms with Gasteiger partial charge < -0.3 is 15.5 Å². The van der Waals surface area contributed by atoms with E-state index < -0.39 is 0 Å². The zero-order valence-corrected chi connectivity index (χ0v) is 9.33. The number of rotatable bonds is 6. The Morgan fingerprint density at radius 3 is 3.18 bits per heavy atom. The van der Waals surface area contributed by atoms with Gasteiger partial charge in [-0.05, 0) is 0 Å². The molecular weight excluding hydrogens is 220 g/mol. The highest BCUT2D eigenvalue weighted by Crippen LogP contribution is 2.05. The van der Waals surface area contributed by atoms with E-state index in [0.29, 0.717) is 25.5 Å². The van der Waals surface area contributed by atoms with Crippen LogP contribution in [0.4, 0.5) is 5.95 Å². The van der Waals surface area contributed by atoms with Crippen LogP contribution in [-0.4, -0.2) is 31.6 Å². The van der Waals surface area contributed by atoms with Crippen molar-refractivity contribution in [1.82, 2.24) is 25.0 Å². The number of nitrogens with zero attached hydrogens (tertiary/aromatic N) is 4. The van der Waals surface area contributed by atoms with Gasteiger partial charge in [-0.3, -0.25) is 0 Å². The molecule has 0 aliphatic carbocycles. The van der Waals surface area contributed by atoms with Crippen LogP contribution in [0.25, 0.3) is 0 Å². The van der Waals surface area contributed by atoms with Crippen molar-refractivity contribution in [2.24, 2.45) is 0 Å². The number of hydrogen-bond donors (Lipinski definition) is 2. The van der Waals surface area contributed by atoms with Crippen LogP contribution in [0, 0.1) is 0 Å². The molecule has 2 rings (SSSR count). The van der Waals surface area contributed by atoms with Crippen LogP contribution in [0.5, 0.6) is 0 Å². The van der Waals surface area contributed by atoms with Crippen LogP contribution in [0.15, 0.2) is 25.2 Å². The van der Waals surface area contributed by atoms with Crippen LogP contribution < -0.4 is 5.73 Å². The SMILES string of the molecule is C=COCCn1cc(Cc2cnc(N)[nH]2)nn1. The molecule has 2 aromatic heterocycles. The van der Waals surface area contributed by atoms with Crippen molar-refractivity contribution in [3.63, 3.8) is 0 Å². The first-order chi connectivity index (χ1) is 8.28. The van der Waals surface area contributed by atoms with E-state index in [1.54, 1.807) is 10.9 Å². The Hall–Kier alpha value is -2.31. The molecule has 0 aliphatic heterocycles. The summed E-state index contributed by atoms with van der Waals surface area (Å²) >= 11 is 0. The molecule has 0 radical (unpaired) electrons. The lowest BCUT2D eigenvalue weighted by atomic mass is 10.3. The van der Waals surface area contributed by atoms with Gasteiger partial charge in [0.1, 0.15) is 6.61 Å². The third-order valence-electron chi connectivity index (χ3n) is 2.16. The summed E-state index contributed by atoms with van der Waals surface area (Å²) < 4.78 is 6.73. The zero-order valence-electron chi connectivity index (χ0n) is 9.33. The van der Waals surface area contributed by atoms with Crippen LogP contribution in [-0.2, 0) is 17.7 Å². The highest BCUT2D eigenvalue weighted by Gasteiger charge is 2.04. The number of aromatic amines is 1. The first kappa shape index (κ1) is 11.2. The monoisotopic (exact) mass is 234 g/mol. The molecule has 0 atom stereocenters. The molecule has 0 spiro atoms. The molecule has 0 saturated carbocycles. The lowest BCUT2D eigenvalue weighted by Gasteiger charge is -1.98. The second-order valence-corrected chi connectivity index (χ2v) is 3.48. The summed E-state index contributed by atoms with van der Waals surface area (Å²) in [5.41, 5.74) is 7.25. The van der Waals surface area contributed by atoms with Gasteiger partial charge in [0.15, 0.2) is 5.95 Å². The molecule has 2 aromatic rings. The first-order valence-corrected chi connectivity index (χ1v) is 5.19. The maximum Gasteiger partial charge on any atom is 0.197 e. The van der Waals surface area contributed by atoms with Crippen molar-refractivity contribution < 1.29 is 4.74 Å². The summed E-state index contributed by atoms with van der Waals surface area (Å²) in [6.07, 6.45) is 5.59. The summed E-state index contributed by atoms with van der Waals surface area (Å²) in [6.45, 7) is 4.64. The average Bonchev–Trinajstić information content (AvgIpc) is 2.90. The topological polar surface area (TPSA) is 94.6 Å². The fourth-order valence-electron chi connectivity index (χ4n) is 1.42. The summed E-state index contributed by atoms with van der Waals surface area (Å²) in [5, 5.41) is 8.02. The van der Waals surface area contributed by atoms with E-state index in [9.17, 15) is 0 Å². The summed E-state index contributed by atoms with van der Waals surface area (Å²) in [4.78, 5) is 6.85. The normalized spacial score (nSPS) is 10.4. The van der Waals surface area contributed by atoms with Gasteiger partial charge in [-0.1, -0.05) is 11.8 Å². The lowest BCUT2D eigenvalue weighted by molar-refractivity contribution is 0.230. The Balaban J connectivity index is 1.91. The molecule has 2 heterocycles. The van der Waals surface area contributed by atoms with E-state index in [4.69, 9.17) is 10.5 Å². The number of hydrogen-bond acceptors (Lipinski definition) is 5. The Bertz CT molecular complexity index is 488. The Morgan fingerprint density at radius 2 is 2.47 bits per heavy atom. The number of aromatic nitrogens is 5. The van der Waals surface area contributed by atoms with Gasteiger partial charge in [0.05, 0.1) is 24.7 Å². The minimum absolute atomic E-state index is 0.409. The number of imidazole rings is 1. The van der Waals surface area contributed by atoms with Crippen molar-refractivity contribution in [2.45, 2.75) is 13.0 Å². The van der Waals surface area contributed by atoms with Crippen molar-refractivity contribution in [3.05, 3.63) is 36.6 Å². The highest BCUT2D eigenvalue weighted by molar-refractivity contribution is 5.21. The number of nitrogen functional groups attached to an aromatic ring is 1. The van der Waals surface area contributed by atoms with E-state index in [2.05, 4.69) is 26.9 Å². The molecule has 17 heavy (non-hydrogen) atoms. The average molecular weight is 234 g/mol. The summed E-state index contributed by atoms with van der Waals surface area (Å²) in [6, 6.07) is 0. The van der Waals surface area contributed by atoms with Crippen LogP contribution in [0.3, 0.4) is 0 Å². The van der Waals surface area contributed by atoms with E-state index in [1.807, 2.05) is 6.20 Å². The highest BCUT2D eigenvalue weighted by atomic mass is 16.5. The van der Waals surface area contributed by atoms with E-state index in [0.717, 1.165) is 11.4 Å². The van der Waals surface area contributed by atoms with Gasteiger partial charge in [-0.15, -0.1) is 5.10 Å². The quantitative estimate of drug-likeness (QED) is 0.555. The van der Waals surface area contributed by atoms with Gasteiger partial charge in [-0.2, -0.15) is 0 Å². The Kier molecular flexibility index (Phi) is 3.39. The molecule has 0 bridgehead atoms. The van der Waals surface area contributed by atoms with E-state index in [-0.39, 0.29) is 0 Å². The Morgan fingerprint density at radius 1 is 1.59 bits per heavy atom. The van der Waals surface area contributed by atoms with E-state index >= 15 is 0 Å². The maximum absolute atomic E-state index is 5.48. The molecule has 0 aromatic carbocycles. The predicted octanol–water partition coefficient (Wildman–Crippen LogP) is 0.334. The number of ether oxygens (including phenoxy) is 1. The van der Waals surface area contributed by atoms with Crippen LogP contribution in [0.1, 0.15) is 11.4 Å². The second-order valence-electron chi connectivity index (χ2n) is 3.48. The fourth-order valence-corrected chi connectivity index (χ4v) is 1.42. The minimum Gasteiger partial charge on any atom is -0.500 e. The standard InChI is InChI=1S/C10H14N6O/c1-2-17-4-3-16-7-9(14-15-16)5-8-6-12-10(11)13-8/h2,6-7H,1,3-5H2,(H3,11,12,13). The molecule has 0 fully saturated rings. The molecule has 0 amide bonds. The third-order valence-corrected chi connectivity index (χ3v) is 2.16. The predicted molar refractivity (Wildman–Crippen MR) is 62.0 cm³/mol. The van der Waals surface area contributed by atoms with Gasteiger partial charge >= 0.3 is 0 Å². The molecule has 3 N–H and O–H groups in total. The maximum atomic E-state index is 5.48. The Labute approximate surface area is 98.3 Å².